The summed E-state index contributed by atoms with van der Waals surface area (Å²) in [6.45, 7) is 3.63. The third kappa shape index (κ3) is 2.89. The standard InChI is InChI=1S/C8H17N.ClH/c1-8-6-4-3-5-7-9(8)2;/h8H,3-7H2,1-2H3;1H. The summed E-state index contributed by atoms with van der Waals surface area (Å²) in [5.74, 6) is 0. The van der Waals surface area contributed by atoms with Crippen LogP contribution in [0, 0.1) is 0 Å². The quantitative estimate of drug-likeness (QED) is 0.530. The van der Waals surface area contributed by atoms with Crippen molar-refractivity contribution in [1.82, 2.24) is 4.90 Å². The number of rotatable bonds is 0. The third-order valence-electron chi connectivity index (χ3n) is 2.39. The Morgan fingerprint density at radius 3 is 2.60 bits per heavy atom. The van der Waals surface area contributed by atoms with Crippen LogP contribution < -0.4 is 0 Å². The van der Waals surface area contributed by atoms with E-state index in [1.807, 2.05) is 0 Å². The Hall–Kier alpha value is 0.250. The van der Waals surface area contributed by atoms with Crippen molar-refractivity contribution in [1.29, 1.82) is 0 Å². The van der Waals surface area contributed by atoms with Crippen LogP contribution >= 0.6 is 12.4 Å². The molecule has 1 rings (SSSR count). The molecule has 1 aliphatic rings. The van der Waals surface area contributed by atoms with Gasteiger partial charge in [0.2, 0.25) is 0 Å². The monoisotopic (exact) mass is 163 g/mol. The van der Waals surface area contributed by atoms with Gasteiger partial charge >= 0.3 is 0 Å². The van der Waals surface area contributed by atoms with Gasteiger partial charge in [0, 0.05) is 6.04 Å². The summed E-state index contributed by atoms with van der Waals surface area (Å²) in [6.07, 6.45) is 5.68. The first-order valence-electron chi connectivity index (χ1n) is 4.01. The summed E-state index contributed by atoms with van der Waals surface area (Å²) in [4.78, 5) is 2.47. The van der Waals surface area contributed by atoms with Crippen LogP contribution in [0.4, 0.5) is 0 Å². The van der Waals surface area contributed by atoms with Gasteiger partial charge in [-0.25, -0.2) is 0 Å². The highest BCUT2D eigenvalue weighted by Gasteiger charge is 2.11. The van der Waals surface area contributed by atoms with Crippen molar-refractivity contribution >= 4 is 12.4 Å². The summed E-state index contributed by atoms with van der Waals surface area (Å²) in [5.41, 5.74) is 0. The second kappa shape index (κ2) is 4.97. The normalized spacial score (nSPS) is 28.8. The van der Waals surface area contributed by atoms with Gasteiger partial charge in [0.25, 0.3) is 0 Å². The van der Waals surface area contributed by atoms with E-state index in [0.29, 0.717) is 0 Å². The lowest BCUT2D eigenvalue weighted by atomic mass is 10.1. The minimum Gasteiger partial charge on any atom is -0.304 e. The number of halogens is 1. The lowest BCUT2D eigenvalue weighted by Gasteiger charge is -2.20. The fourth-order valence-electron chi connectivity index (χ4n) is 1.42. The number of likely N-dealkylation sites (tertiary alicyclic amines) is 1. The first kappa shape index (κ1) is 10.2. The Balaban J connectivity index is 0.000000810. The molecule has 2 heteroatoms. The van der Waals surface area contributed by atoms with Gasteiger partial charge in [0.1, 0.15) is 0 Å². The summed E-state index contributed by atoms with van der Waals surface area (Å²) >= 11 is 0. The highest BCUT2D eigenvalue weighted by atomic mass is 35.5. The van der Waals surface area contributed by atoms with Gasteiger partial charge < -0.3 is 4.90 Å². The zero-order chi connectivity index (χ0) is 6.69. The second-order valence-corrected chi connectivity index (χ2v) is 3.18. The fourth-order valence-corrected chi connectivity index (χ4v) is 1.42. The van der Waals surface area contributed by atoms with Crippen molar-refractivity contribution in [3.8, 4) is 0 Å². The van der Waals surface area contributed by atoms with E-state index < -0.39 is 0 Å². The maximum atomic E-state index is 2.47. The summed E-state index contributed by atoms with van der Waals surface area (Å²) in [7, 11) is 2.23. The average Bonchev–Trinajstić information content (AvgIpc) is 1.99. The van der Waals surface area contributed by atoms with Crippen molar-refractivity contribution in [2.75, 3.05) is 13.6 Å². The molecule has 1 nitrogen and oxygen atoms in total. The Morgan fingerprint density at radius 2 is 1.90 bits per heavy atom. The minimum absolute atomic E-state index is 0. The van der Waals surface area contributed by atoms with E-state index in [-0.39, 0.29) is 12.4 Å². The van der Waals surface area contributed by atoms with Crippen molar-refractivity contribution in [2.45, 2.75) is 38.6 Å². The van der Waals surface area contributed by atoms with E-state index in [0.717, 1.165) is 6.04 Å². The summed E-state index contributed by atoms with van der Waals surface area (Å²) in [5, 5.41) is 0. The fraction of sp³-hybridized carbons (Fsp3) is 1.00. The summed E-state index contributed by atoms with van der Waals surface area (Å²) in [6, 6.07) is 0.826. The Morgan fingerprint density at radius 1 is 1.20 bits per heavy atom. The smallest absolute Gasteiger partial charge is 0.00638 e. The minimum atomic E-state index is 0. The van der Waals surface area contributed by atoms with Crippen molar-refractivity contribution in [3.05, 3.63) is 0 Å². The van der Waals surface area contributed by atoms with Crippen LogP contribution in [0.1, 0.15) is 32.6 Å². The maximum Gasteiger partial charge on any atom is 0.00638 e. The number of hydrogen-bond acceptors (Lipinski definition) is 1. The van der Waals surface area contributed by atoms with Crippen LogP contribution in [0.2, 0.25) is 0 Å². The lowest BCUT2D eigenvalue weighted by molar-refractivity contribution is 0.264. The van der Waals surface area contributed by atoms with E-state index in [9.17, 15) is 0 Å². The molecular formula is C8H18ClN. The van der Waals surface area contributed by atoms with E-state index in [1.165, 1.54) is 32.2 Å². The zero-order valence-corrected chi connectivity index (χ0v) is 7.78. The molecule has 0 amide bonds. The molecule has 10 heavy (non-hydrogen) atoms. The summed E-state index contributed by atoms with van der Waals surface area (Å²) < 4.78 is 0. The molecule has 1 atom stereocenters. The van der Waals surface area contributed by atoms with Gasteiger partial charge in [-0.05, 0) is 33.4 Å². The number of hydrogen-bond donors (Lipinski definition) is 0. The molecule has 0 aromatic rings. The average molecular weight is 164 g/mol. The van der Waals surface area contributed by atoms with Crippen LogP contribution in [-0.4, -0.2) is 24.5 Å². The first-order chi connectivity index (χ1) is 4.30. The molecule has 1 saturated heterocycles. The Bertz CT molecular complexity index is 75.3. The molecule has 0 aromatic carbocycles. The molecule has 0 N–H and O–H groups in total. The molecule has 0 saturated carbocycles. The largest absolute Gasteiger partial charge is 0.304 e. The van der Waals surface area contributed by atoms with E-state index in [2.05, 4.69) is 18.9 Å². The molecule has 1 aliphatic heterocycles. The van der Waals surface area contributed by atoms with E-state index in [1.54, 1.807) is 0 Å². The number of nitrogens with zero attached hydrogens (tertiary/aromatic N) is 1. The predicted molar refractivity (Wildman–Crippen MR) is 47.8 cm³/mol. The van der Waals surface area contributed by atoms with Gasteiger partial charge in [-0.2, -0.15) is 0 Å². The zero-order valence-electron chi connectivity index (χ0n) is 6.97. The highest BCUT2D eigenvalue weighted by Crippen LogP contribution is 2.13. The predicted octanol–water partition coefficient (Wildman–Crippen LogP) is 2.30. The van der Waals surface area contributed by atoms with Crippen LogP contribution in [-0.2, 0) is 0 Å². The van der Waals surface area contributed by atoms with Gasteiger partial charge in [-0.1, -0.05) is 12.8 Å². The topological polar surface area (TPSA) is 3.24 Å². The maximum absolute atomic E-state index is 2.47. The molecule has 1 heterocycles. The second-order valence-electron chi connectivity index (χ2n) is 3.18. The molecule has 1 fully saturated rings. The Labute approximate surface area is 70.2 Å². The molecule has 62 valence electrons. The molecule has 0 bridgehead atoms. The van der Waals surface area contributed by atoms with Crippen LogP contribution in [0.3, 0.4) is 0 Å². The van der Waals surface area contributed by atoms with Crippen molar-refractivity contribution in [3.63, 3.8) is 0 Å². The van der Waals surface area contributed by atoms with Gasteiger partial charge in [0.05, 0.1) is 0 Å². The van der Waals surface area contributed by atoms with Gasteiger partial charge in [-0.15, -0.1) is 12.4 Å². The molecule has 1 unspecified atom stereocenters. The molecule has 0 aromatic heterocycles. The SMILES string of the molecule is CC1CCCCCN1C.Cl. The molecular weight excluding hydrogens is 146 g/mol. The van der Waals surface area contributed by atoms with Crippen LogP contribution in [0.15, 0.2) is 0 Å². The molecule has 0 spiro atoms. The van der Waals surface area contributed by atoms with Crippen molar-refractivity contribution in [2.24, 2.45) is 0 Å². The van der Waals surface area contributed by atoms with E-state index >= 15 is 0 Å². The first-order valence-corrected chi connectivity index (χ1v) is 4.01. The van der Waals surface area contributed by atoms with Crippen molar-refractivity contribution < 1.29 is 0 Å². The molecule has 0 aliphatic carbocycles. The van der Waals surface area contributed by atoms with Gasteiger partial charge in [0.15, 0.2) is 0 Å². The molecule has 0 radical (unpaired) electrons. The van der Waals surface area contributed by atoms with Crippen LogP contribution in [0.25, 0.3) is 0 Å². The highest BCUT2D eigenvalue weighted by molar-refractivity contribution is 5.85. The van der Waals surface area contributed by atoms with E-state index in [4.69, 9.17) is 0 Å². The third-order valence-corrected chi connectivity index (χ3v) is 2.39. The lowest BCUT2D eigenvalue weighted by Crippen LogP contribution is -2.27. The van der Waals surface area contributed by atoms with Gasteiger partial charge in [-0.3, -0.25) is 0 Å². The Kier molecular flexibility index (Phi) is 5.10. The van der Waals surface area contributed by atoms with Crippen LogP contribution in [0.5, 0.6) is 0 Å².